The Balaban J connectivity index is 1.56. The van der Waals surface area contributed by atoms with Gasteiger partial charge < -0.3 is 4.74 Å². The van der Waals surface area contributed by atoms with E-state index in [-0.39, 0.29) is 5.56 Å². The maximum atomic E-state index is 12.9. The molecule has 2 aliphatic rings. The molecule has 3 aromatic rings. The average molecular weight is 352 g/mol. The van der Waals surface area contributed by atoms with Crippen molar-refractivity contribution in [2.75, 3.05) is 26.3 Å². The van der Waals surface area contributed by atoms with E-state index in [2.05, 4.69) is 15.4 Å². The second-order valence-corrected chi connectivity index (χ2v) is 7.71. The number of piperidine rings is 1. The van der Waals surface area contributed by atoms with Gasteiger partial charge in [0.05, 0.1) is 35.9 Å². The van der Waals surface area contributed by atoms with Crippen LogP contribution >= 0.6 is 0 Å². The summed E-state index contributed by atoms with van der Waals surface area (Å²) in [6.07, 6.45) is 4.06. The molecule has 6 heteroatoms. The first-order chi connectivity index (χ1) is 12.6. The summed E-state index contributed by atoms with van der Waals surface area (Å²) >= 11 is 0. The quantitative estimate of drug-likeness (QED) is 0.709. The minimum Gasteiger partial charge on any atom is -0.378 e. The number of benzene rings is 1. The van der Waals surface area contributed by atoms with Gasteiger partial charge in [-0.15, -0.1) is 0 Å². The van der Waals surface area contributed by atoms with E-state index in [1.54, 1.807) is 4.57 Å². The Labute approximate surface area is 152 Å². The monoisotopic (exact) mass is 352 g/mol. The van der Waals surface area contributed by atoms with Gasteiger partial charge in [-0.2, -0.15) is 0 Å². The van der Waals surface area contributed by atoms with Gasteiger partial charge in [-0.3, -0.25) is 18.7 Å². The zero-order valence-electron chi connectivity index (χ0n) is 15.3. The third kappa shape index (κ3) is 2.32. The molecule has 0 atom stereocenters. The van der Waals surface area contributed by atoms with E-state index < -0.39 is 0 Å². The highest BCUT2D eigenvalue weighted by Gasteiger charge is 2.31. The normalized spacial score (nSPS) is 20.1. The maximum Gasteiger partial charge on any atom is 0.261 e. The number of fused-ring (bicyclic) bond motifs is 3. The lowest BCUT2D eigenvalue weighted by Gasteiger charge is -2.41. The third-order valence-corrected chi connectivity index (χ3v) is 6.09. The molecule has 2 fully saturated rings. The standard InChI is InChI=1S/C20H24N4O2/c1-13-3-4-17-16(9-13)20(25)22(2)19-18(21-12-24(17)19)14-5-7-23(8-6-14)15-10-26-11-15/h3-4,9,12,14-15H,5-8,10-11H2,1-2H3. The summed E-state index contributed by atoms with van der Waals surface area (Å²) in [5.74, 6) is 0.408. The van der Waals surface area contributed by atoms with Gasteiger partial charge in [0, 0.05) is 13.0 Å². The Kier molecular flexibility index (Phi) is 3.65. The van der Waals surface area contributed by atoms with Crippen molar-refractivity contribution in [3.8, 4) is 0 Å². The molecular weight excluding hydrogens is 328 g/mol. The highest BCUT2D eigenvalue weighted by atomic mass is 16.5. The van der Waals surface area contributed by atoms with Gasteiger partial charge in [0.15, 0.2) is 0 Å². The lowest BCUT2D eigenvalue weighted by molar-refractivity contribution is -0.0713. The molecule has 0 aliphatic carbocycles. The summed E-state index contributed by atoms with van der Waals surface area (Å²) in [7, 11) is 1.87. The van der Waals surface area contributed by atoms with Crippen LogP contribution in [0.25, 0.3) is 16.6 Å². The van der Waals surface area contributed by atoms with Crippen molar-refractivity contribution in [1.82, 2.24) is 18.9 Å². The van der Waals surface area contributed by atoms with Gasteiger partial charge in [0.25, 0.3) is 5.56 Å². The lowest BCUT2D eigenvalue weighted by atomic mass is 9.92. The van der Waals surface area contributed by atoms with E-state index in [9.17, 15) is 4.79 Å². The number of hydrogen-bond acceptors (Lipinski definition) is 4. The Morgan fingerprint density at radius 3 is 2.65 bits per heavy atom. The molecule has 2 aromatic heterocycles. The number of likely N-dealkylation sites (tertiary alicyclic amines) is 1. The van der Waals surface area contributed by atoms with E-state index in [1.807, 2.05) is 32.4 Å². The summed E-state index contributed by atoms with van der Waals surface area (Å²) in [6, 6.07) is 6.66. The average Bonchev–Trinajstić information content (AvgIpc) is 3.04. The number of hydrogen-bond donors (Lipinski definition) is 0. The second-order valence-electron chi connectivity index (χ2n) is 7.71. The van der Waals surface area contributed by atoms with Crippen LogP contribution in [0.5, 0.6) is 0 Å². The highest BCUT2D eigenvalue weighted by molar-refractivity contribution is 5.82. The van der Waals surface area contributed by atoms with Crippen molar-refractivity contribution < 1.29 is 4.74 Å². The maximum absolute atomic E-state index is 12.9. The number of aryl methyl sites for hydroxylation is 2. The van der Waals surface area contributed by atoms with Crippen molar-refractivity contribution in [1.29, 1.82) is 0 Å². The SMILES string of the molecule is Cc1ccc2c(c1)c(=O)n(C)c1c(C3CCN(C4COC4)CC3)ncn21. The van der Waals surface area contributed by atoms with Crippen molar-refractivity contribution in [2.45, 2.75) is 31.7 Å². The van der Waals surface area contributed by atoms with Crippen molar-refractivity contribution >= 4 is 16.6 Å². The molecule has 0 amide bonds. The van der Waals surface area contributed by atoms with Crippen molar-refractivity contribution in [3.63, 3.8) is 0 Å². The van der Waals surface area contributed by atoms with Crippen LogP contribution in [0.2, 0.25) is 0 Å². The Bertz CT molecular complexity index is 1040. The van der Waals surface area contributed by atoms with E-state index >= 15 is 0 Å². The molecule has 26 heavy (non-hydrogen) atoms. The molecule has 0 unspecified atom stereocenters. The van der Waals surface area contributed by atoms with Gasteiger partial charge in [-0.1, -0.05) is 11.6 Å². The first-order valence-electron chi connectivity index (χ1n) is 9.41. The highest BCUT2D eigenvalue weighted by Crippen LogP contribution is 2.32. The molecule has 2 aliphatic heterocycles. The van der Waals surface area contributed by atoms with Crippen LogP contribution in [-0.4, -0.2) is 51.2 Å². The second kappa shape index (κ2) is 5.93. The van der Waals surface area contributed by atoms with E-state index in [0.29, 0.717) is 12.0 Å². The summed E-state index contributed by atoms with van der Waals surface area (Å²) in [5, 5.41) is 0.753. The van der Waals surface area contributed by atoms with Crippen LogP contribution in [0.1, 0.15) is 30.0 Å². The molecule has 4 heterocycles. The first kappa shape index (κ1) is 16.0. The first-order valence-corrected chi connectivity index (χ1v) is 9.41. The Hall–Kier alpha value is -2.18. The molecule has 0 N–H and O–H groups in total. The molecular formula is C20H24N4O2. The largest absolute Gasteiger partial charge is 0.378 e. The Morgan fingerprint density at radius 1 is 1.19 bits per heavy atom. The van der Waals surface area contributed by atoms with Gasteiger partial charge in [0.1, 0.15) is 12.0 Å². The van der Waals surface area contributed by atoms with Crippen LogP contribution in [0.3, 0.4) is 0 Å². The van der Waals surface area contributed by atoms with Gasteiger partial charge in [-0.25, -0.2) is 4.98 Å². The van der Waals surface area contributed by atoms with Crippen LogP contribution in [0.4, 0.5) is 0 Å². The van der Waals surface area contributed by atoms with Crippen LogP contribution in [0.15, 0.2) is 29.3 Å². The zero-order valence-corrected chi connectivity index (χ0v) is 15.3. The van der Waals surface area contributed by atoms with Crippen molar-refractivity contribution in [2.24, 2.45) is 7.05 Å². The van der Waals surface area contributed by atoms with Crippen LogP contribution in [0, 0.1) is 6.92 Å². The summed E-state index contributed by atoms with van der Waals surface area (Å²) in [6.45, 7) is 5.93. The predicted molar refractivity (Wildman–Crippen MR) is 101 cm³/mol. The Morgan fingerprint density at radius 2 is 1.96 bits per heavy atom. The summed E-state index contributed by atoms with van der Waals surface area (Å²) in [4.78, 5) is 20.2. The minimum atomic E-state index is 0.0574. The number of rotatable bonds is 2. The molecule has 0 spiro atoms. The summed E-state index contributed by atoms with van der Waals surface area (Å²) in [5.41, 5.74) is 4.11. The fourth-order valence-corrected chi connectivity index (χ4v) is 4.43. The molecule has 6 nitrogen and oxygen atoms in total. The molecule has 0 radical (unpaired) electrons. The smallest absolute Gasteiger partial charge is 0.261 e. The molecule has 1 aromatic carbocycles. The molecule has 136 valence electrons. The number of ether oxygens (including phenoxy) is 1. The van der Waals surface area contributed by atoms with Crippen molar-refractivity contribution in [3.05, 3.63) is 46.1 Å². The predicted octanol–water partition coefficient (Wildman–Crippen LogP) is 2.07. The minimum absolute atomic E-state index is 0.0574. The number of nitrogens with zero attached hydrogens (tertiary/aromatic N) is 4. The third-order valence-electron chi connectivity index (χ3n) is 6.09. The fraction of sp³-hybridized carbons (Fsp3) is 0.500. The van der Waals surface area contributed by atoms with E-state index in [0.717, 1.165) is 67.0 Å². The summed E-state index contributed by atoms with van der Waals surface area (Å²) < 4.78 is 9.18. The van der Waals surface area contributed by atoms with E-state index in [4.69, 9.17) is 9.72 Å². The molecule has 0 saturated carbocycles. The van der Waals surface area contributed by atoms with Gasteiger partial charge >= 0.3 is 0 Å². The number of imidazole rings is 1. The topological polar surface area (TPSA) is 51.8 Å². The van der Waals surface area contributed by atoms with Gasteiger partial charge in [-0.05, 0) is 45.0 Å². The van der Waals surface area contributed by atoms with Gasteiger partial charge in [0.2, 0.25) is 0 Å². The molecule has 0 bridgehead atoms. The van der Waals surface area contributed by atoms with Crippen LogP contribution < -0.4 is 5.56 Å². The van der Waals surface area contributed by atoms with Crippen LogP contribution in [-0.2, 0) is 11.8 Å². The fourth-order valence-electron chi connectivity index (χ4n) is 4.43. The lowest BCUT2D eigenvalue weighted by Crippen LogP contribution is -2.51. The van der Waals surface area contributed by atoms with E-state index in [1.165, 1.54) is 0 Å². The zero-order chi connectivity index (χ0) is 17.8. The molecule has 2 saturated heterocycles. The number of aromatic nitrogens is 3. The molecule has 5 rings (SSSR count).